The molecule has 0 bridgehead atoms. The van der Waals surface area contributed by atoms with Gasteiger partial charge in [-0.3, -0.25) is 0 Å². The zero-order valence-electron chi connectivity index (χ0n) is 8.46. The SMILES string of the molecule is COC1CCN(CC2(CN)CC2)C1. The Morgan fingerprint density at radius 2 is 2.31 bits per heavy atom. The summed E-state index contributed by atoms with van der Waals surface area (Å²) in [6.45, 7) is 4.36. The van der Waals surface area contributed by atoms with Gasteiger partial charge in [0.1, 0.15) is 0 Å². The highest BCUT2D eigenvalue weighted by molar-refractivity contribution is 4.97. The Labute approximate surface area is 80.2 Å². The zero-order chi connectivity index (χ0) is 9.31. The minimum atomic E-state index is 0.466. The summed E-state index contributed by atoms with van der Waals surface area (Å²) in [7, 11) is 1.81. The Hall–Kier alpha value is -0.120. The third kappa shape index (κ3) is 2.03. The maximum absolute atomic E-state index is 5.76. The van der Waals surface area contributed by atoms with E-state index in [-0.39, 0.29) is 0 Å². The molecule has 0 spiro atoms. The minimum absolute atomic E-state index is 0.466. The highest BCUT2D eigenvalue weighted by atomic mass is 16.5. The van der Waals surface area contributed by atoms with Crippen molar-refractivity contribution in [1.29, 1.82) is 0 Å². The first-order valence-electron chi connectivity index (χ1n) is 5.23. The van der Waals surface area contributed by atoms with Gasteiger partial charge in [0, 0.05) is 26.7 Å². The topological polar surface area (TPSA) is 38.5 Å². The van der Waals surface area contributed by atoms with Gasteiger partial charge in [-0.1, -0.05) is 0 Å². The van der Waals surface area contributed by atoms with Crippen LogP contribution in [0.1, 0.15) is 19.3 Å². The number of ether oxygens (including phenoxy) is 1. The second-order valence-electron chi connectivity index (χ2n) is 4.59. The lowest BCUT2D eigenvalue weighted by Crippen LogP contribution is -2.33. The molecular weight excluding hydrogens is 164 g/mol. The first-order chi connectivity index (χ1) is 6.28. The van der Waals surface area contributed by atoms with E-state index >= 15 is 0 Å². The third-order valence-corrected chi connectivity index (χ3v) is 3.51. The molecule has 0 aromatic carbocycles. The molecule has 1 unspecified atom stereocenters. The molecule has 0 radical (unpaired) electrons. The van der Waals surface area contributed by atoms with Crippen LogP contribution in [-0.2, 0) is 4.74 Å². The number of rotatable bonds is 4. The van der Waals surface area contributed by atoms with E-state index in [1.165, 1.54) is 32.4 Å². The Kier molecular flexibility index (Phi) is 2.58. The van der Waals surface area contributed by atoms with Crippen molar-refractivity contribution in [1.82, 2.24) is 4.90 Å². The van der Waals surface area contributed by atoms with Crippen LogP contribution in [0.15, 0.2) is 0 Å². The lowest BCUT2D eigenvalue weighted by atomic mass is 10.1. The number of likely N-dealkylation sites (tertiary alicyclic amines) is 1. The fourth-order valence-corrected chi connectivity index (χ4v) is 2.21. The van der Waals surface area contributed by atoms with Crippen molar-refractivity contribution in [3.05, 3.63) is 0 Å². The second-order valence-corrected chi connectivity index (χ2v) is 4.59. The van der Waals surface area contributed by atoms with Crippen LogP contribution in [0.25, 0.3) is 0 Å². The van der Waals surface area contributed by atoms with E-state index in [1.54, 1.807) is 0 Å². The van der Waals surface area contributed by atoms with Gasteiger partial charge in [0.15, 0.2) is 0 Å². The number of nitrogens with two attached hydrogens (primary N) is 1. The fraction of sp³-hybridized carbons (Fsp3) is 1.00. The van der Waals surface area contributed by atoms with Crippen LogP contribution in [0.2, 0.25) is 0 Å². The standard InChI is InChI=1S/C10H20N2O/c1-13-9-2-5-12(6-9)8-10(7-11)3-4-10/h9H,2-8,11H2,1H3. The average molecular weight is 184 g/mol. The largest absolute Gasteiger partial charge is 0.380 e. The third-order valence-electron chi connectivity index (χ3n) is 3.51. The molecular formula is C10H20N2O. The highest BCUT2D eigenvalue weighted by Crippen LogP contribution is 2.45. The molecule has 1 atom stereocenters. The molecule has 3 heteroatoms. The van der Waals surface area contributed by atoms with Gasteiger partial charge in [0.2, 0.25) is 0 Å². The van der Waals surface area contributed by atoms with Crippen molar-refractivity contribution in [2.45, 2.75) is 25.4 Å². The van der Waals surface area contributed by atoms with Crippen LogP contribution in [0.3, 0.4) is 0 Å². The van der Waals surface area contributed by atoms with Crippen LogP contribution in [0, 0.1) is 5.41 Å². The Bertz CT molecular complexity index is 180. The quantitative estimate of drug-likeness (QED) is 0.689. The summed E-state index contributed by atoms with van der Waals surface area (Å²) in [6.07, 6.45) is 4.32. The molecule has 0 aromatic rings. The predicted molar refractivity (Wildman–Crippen MR) is 52.6 cm³/mol. The van der Waals surface area contributed by atoms with E-state index < -0.39 is 0 Å². The molecule has 1 saturated heterocycles. The van der Waals surface area contributed by atoms with Crippen molar-refractivity contribution in [3.63, 3.8) is 0 Å². The molecule has 13 heavy (non-hydrogen) atoms. The molecule has 0 aromatic heterocycles. The smallest absolute Gasteiger partial charge is 0.0710 e. The number of hydrogen-bond acceptors (Lipinski definition) is 3. The predicted octanol–water partition coefficient (Wildman–Crippen LogP) is 0.446. The molecule has 0 amide bonds. The van der Waals surface area contributed by atoms with Crippen LogP contribution < -0.4 is 5.73 Å². The summed E-state index contributed by atoms with van der Waals surface area (Å²) in [5.41, 5.74) is 6.24. The molecule has 1 aliphatic heterocycles. The molecule has 76 valence electrons. The van der Waals surface area contributed by atoms with Gasteiger partial charge in [-0.05, 0) is 31.2 Å². The summed E-state index contributed by atoms with van der Waals surface area (Å²) in [5.74, 6) is 0. The molecule has 1 aliphatic carbocycles. The summed E-state index contributed by atoms with van der Waals surface area (Å²) in [4.78, 5) is 2.51. The normalized spacial score (nSPS) is 32.3. The van der Waals surface area contributed by atoms with Gasteiger partial charge < -0.3 is 15.4 Å². The van der Waals surface area contributed by atoms with Crippen LogP contribution >= 0.6 is 0 Å². The molecule has 2 rings (SSSR count). The summed E-state index contributed by atoms with van der Waals surface area (Å²) in [6, 6.07) is 0. The Balaban J connectivity index is 1.77. The van der Waals surface area contributed by atoms with Crippen molar-refractivity contribution < 1.29 is 4.74 Å². The van der Waals surface area contributed by atoms with E-state index in [9.17, 15) is 0 Å². The van der Waals surface area contributed by atoms with Gasteiger partial charge in [-0.15, -0.1) is 0 Å². The Morgan fingerprint density at radius 3 is 2.77 bits per heavy atom. The zero-order valence-corrected chi connectivity index (χ0v) is 8.46. The van der Waals surface area contributed by atoms with Crippen LogP contribution in [0.5, 0.6) is 0 Å². The van der Waals surface area contributed by atoms with E-state index in [2.05, 4.69) is 4.90 Å². The van der Waals surface area contributed by atoms with Crippen molar-refractivity contribution in [2.75, 3.05) is 33.3 Å². The van der Waals surface area contributed by atoms with Gasteiger partial charge in [-0.25, -0.2) is 0 Å². The maximum Gasteiger partial charge on any atom is 0.0710 e. The van der Waals surface area contributed by atoms with E-state index in [0.29, 0.717) is 11.5 Å². The van der Waals surface area contributed by atoms with Gasteiger partial charge in [0.25, 0.3) is 0 Å². The lowest BCUT2D eigenvalue weighted by molar-refractivity contribution is 0.105. The molecule has 2 fully saturated rings. The van der Waals surface area contributed by atoms with E-state index in [0.717, 1.165) is 13.1 Å². The monoisotopic (exact) mass is 184 g/mol. The molecule has 1 saturated carbocycles. The number of nitrogens with zero attached hydrogens (tertiary/aromatic N) is 1. The van der Waals surface area contributed by atoms with Crippen LogP contribution in [-0.4, -0.2) is 44.3 Å². The lowest BCUT2D eigenvalue weighted by Gasteiger charge is -2.21. The average Bonchev–Trinajstić information content (AvgIpc) is 2.77. The van der Waals surface area contributed by atoms with Crippen molar-refractivity contribution in [2.24, 2.45) is 11.1 Å². The van der Waals surface area contributed by atoms with Crippen LogP contribution in [0.4, 0.5) is 0 Å². The number of hydrogen-bond donors (Lipinski definition) is 1. The summed E-state index contributed by atoms with van der Waals surface area (Å²) < 4.78 is 5.34. The maximum atomic E-state index is 5.76. The van der Waals surface area contributed by atoms with E-state index in [4.69, 9.17) is 10.5 Å². The van der Waals surface area contributed by atoms with Gasteiger partial charge in [0.05, 0.1) is 6.10 Å². The van der Waals surface area contributed by atoms with Gasteiger partial charge >= 0.3 is 0 Å². The Morgan fingerprint density at radius 1 is 1.54 bits per heavy atom. The molecule has 1 heterocycles. The first kappa shape index (κ1) is 9.44. The molecule has 3 nitrogen and oxygen atoms in total. The highest BCUT2D eigenvalue weighted by Gasteiger charge is 2.43. The van der Waals surface area contributed by atoms with Gasteiger partial charge in [-0.2, -0.15) is 0 Å². The number of methoxy groups -OCH3 is 1. The summed E-state index contributed by atoms with van der Waals surface area (Å²) >= 11 is 0. The fourth-order valence-electron chi connectivity index (χ4n) is 2.21. The molecule has 2 aliphatic rings. The van der Waals surface area contributed by atoms with E-state index in [1.807, 2.05) is 7.11 Å². The summed E-state index contributed by atoms with van der Waals surface area (Å²) in [5, 5.41) is 0. The molecule has 2 N–H and O–H groups in total. The second kappa shape index (κ2) is 3.56. The minimum Gasteiger partial charge on any atom is -0.380 e. The van der Waals surface area contributed by atoms with Crippen molar-refractivity contribution in [3.8, 4) is 0 Å². The first-order valence-corrected chi connectivity index (χ1v) is 5.23. The van der Waals surface area contributed by atoms with Crippen molar-refractivity contribution >= 4 is 0 Å².